The Kier molecular flexibility index (Phi) is 5.42. The second-order valence-corrected chi connectivity index (χ2v) is 9.15. The Morgan fingerprint density at radius 1 is 1.32 bits per heavy atom. The Labute approximate surface area is 183 Å². The van der Waals surface area contributed by atoms with Crippen LogP contribution in [0, 0.1) is 6.92 Å². The number of benzene rings is 1. The summed E-state index contributed by atoms with van der Waals surface area (Å²) in [5, 5.41) is 12.8. The highest BCUT2D eigenvalue weighted by molar-refractivity contribution is 7.10. The zero-order chi connectivity index (χ0) is 22.4. The molecule has 162 valence electrons. The first-order valence-corrected chi connectivity index (χ1v) is 10.7. The van der Waals surface area contributed by atoms with Gasteiger partial charge in [-0.05, 0) is 48.7 Å². The molecule has 2 amide bonds. The highest BCUT2D eigenvalue weighted by atomic mass is 32.1. The molecule has 0 spiro atoms. The van der Waals surface area contributed by atoms with Crippen molar-refractivity contribution >= 4 is 39.7 Å². The van der Waals surface area contributed by atoms with Crippen molar-refractivity contribution in [1.82, 2.24) is 9.47 Å². The molecule has 0 bridgehead atoms. The summed E-state index contributed by atoms with van der Waals surface area (Å²) >= 11 is 1.59. The van der Waals surface area contributed by atoms with Gasteiger partial charge < -0.3 is 20.3 Å². The van der Waals surface area contributed by atoms with E-state index in [1.807, 2.05) is 36.4 Å². The largest absolute Gasteiger partial charge is 0.387 e. The lowest BCUT2D eigenvalue weighted by atomic mass is 10.0. The summed E-state index contributed by atoms with van der Waals surface area (Å²) in [6.07, 6.45) is 0.739. The van der Waals surface area contributed by atoms with E-state index in [1.54, 1.807) is 29.0 Å². The molecule has 1 unspecified atom stereocenters. The first-order valence-electron chi connectivity index (χ1n) is 9.83. The van der Waals surface area contributed by atoms with Gasteiger partial charge in [-0.25, -0.2) is 0 Å². The summed E-state index contributed by atoms with van der Waals surface area (Å²) in [5.74, 6) is -0.970. The van der Waals surface area contributed by atoms with Gasteiger partial charge in [-0.1, -0.05) is 0 Å². The van der Waals surface area contributed by atoms with Crippen LogP contribution in [0.25, 0.3) is 10.9 Å². The fourth-order valence-electron chi connectivity index (χ4n) is 4.03. The number of aliphatic hydroxyl groups is 1. The zero-order valence-corrected chi connectivity index (χ0v) is 18.4. The van der Waals surface area contributed by atoms with Crippen LogP contribution in [0.2, 0.25) is 0 Å². The van der Waals surface area contributed by atoms with E-state index in [2.05, 4.69) is 0 Å². The average Bonchev–Trinajstić information content (AvgIpc) is 3.14. The van der Waals surface area contributed by atoms with Crippen LogP contribution < -0.4 is 16.1 Å². The molecule has 4 rings (SSSR count). The number of nitrogens with zero attached hydrogens (tertiary/aromatic N) is 3. The van der Waals surface area contributed by atoms with E-state index in [9.17, 15) is 19.5 Å². The molecule has 9 heteroatoms. The number of nitrogens with two attached hydrogens (primary N) is 1. The Morgan fingerprint density at radius 2 is 2.06 bits per heavy atom. The third kappa shape index (κ3) is 3.87. The first kappa shape index (κ1) is 21.2. The fourth-order valence-corrected chi connectivity index (χ4v) is 4.78. The predicted octanol–water partition coefficient (Wildman–Crippen LogP) is 1.61. The molecule has 0 fully saturated rings. The van der Waals surface area contributed by atoms with Crippen LogP contribution in [-0.2, 0) is 17.9 Å². The van der Waals surface area contributed by atoms with Gasteiger partial charge in [-0.2, -0.15) is 0 Å². The van der Waals surface area contributed by atoms with Crippen molar-refractivity contribution in [3.05, 3.63) is 61.6 Å². The number of primary amides is 1. The molecule has 31 heavy (non-hydrogen) atoms. The second-order valence-electron chi connectivity index (χ2n) is 8.03. The van der Waals surface area contributed by atoms with Crippen LogP contribution >= 0.6 is 11.3 Å². The molecule has 0 saturated carbocycles. The number of carbonyl (C=O) groups excluding carboxylic acids is 2. The Morgan fingerprint density at radius 3 is 2.71 bits per heavy atom. The fraction of sp³-hybridized carbons (Fsp3) is 0.318. The van der Waals surface area contributed by atoms with Crippen molar-refractivity contribution in [3.63, 3.8) is 0 Å². The molecule has 0 radical (unpaired) electrons. The molecular weight excluding hydrogens is 416 g/mol. The SMILES string of the molecule is Cc1cc(C(O)CN(C)Cc2cc3c4c(c2)c(=O)c(C(N)=O)cn4CC(=O)N3C)cs1. The molecule has 1 aliphatic heterocycles. The summed E-state index contributed by atoms with van der Waals surface area (Å²) in [5.41, 5.74) is 7.71. The molecule has 0 saturated heterocycles. The zero-order valence-electron chi connectivity index (χ0n) is 17.6. The van der Waals surface area contributed by atoms with Gasteiger partial charge in [0.15, 0.2) is 0 Å². The average molecular weight is 441 g/mol. The van der Waals surface area contributed by atoms with Gasteiger partial charge in [-0.15, -0.1) is 11.3 Å². The number of aryl methyl sites for hydroxylation is 1. The maximum absolute atomic E-state index is 12.9. The lowest BCUT2D eigenvalue weighted by Gasteiger charge is -2.29. The second kappa shape index (κ2) is 7.92. The molecular formula is C22H24N4O4S. The van der Waals surface area contributed by atoms with E-state index in [4.69, 9.17) is 5.73 Å². The van der Waals surface area contributed by atoms with Crippen LogP contribution in [0.5, 0.6) is 0 Å². The van der Waals surface area contributed by atoms with Gasteiger partial charge in [0, 0.05) is 36.6 Å². The number of amides is 2. The quantitative estimate of drug-likeness (QED) is 0.605. The monoisotopic (exact) mass is 440 g/mol. The molecule has 0 aliphatic carbocycles. The summed E-state index contributed by atoms with van der Waals surface area (Å²) < 4.78 is 1.62. The number of pyridine rings is 1. The summed E-state index contributed by atoms with van der Waals surface area (Å²) in [6.45, 7) is 2.89. The first-order chi connectivity index (χ1) is 14.7. The van der Waals surface area contributed by atoms with E-state index in [0.29, 0.717) is 29.7 Å². The maximum Gasteiger partial charge on any atom is 0.254 e. The van der Waals surface area contributed by atoms with Crippen LogP contribution in [0.1, 0.15) is 32.5 Å². The number of likely N-dealkylation sites (N-methyl/N-ethyl adjacent to an activating group) is 2. The van der Waals surface area contributed by atoms with Gasteiger partial charge in [0.25, 0.3) is 5.91 Å². The third-order valence-corrected chi connectivity index (χ3v) is 6.47. The van der Waals surface area contributed by atoms with Gasteiger partial charge >= 0.3 is 0 Å². The molecule has 8 nitrogen and oxygen atoms in total. The smallest absolute Gasteiger partial charge is 0.254 e. The van der Waals surface area contributed by atoms with E-state index in [0.717, 1.165) is 16.0 Å². The topological polar surface area (TPSA) is 109 Å². The predicted molar refractivity (Wildman–Crippen MR) is 120 cm³/mol. The van der Waals surface area contributed by atoms with Gasteiger partial charge in [0.2, 0.25) is 11.3 Å². The third-order valence-electron chi connectivity index (χ3n) is 5.59. The number of aliphatic hydroxyl groups excluding tert-OH is 1. The normalized spacial score (nSPS) is 14.5. The summed E-state index contributed by atoms with van der Waals surface area (Å²) in [4.78, 5) is 41.8. The molecule has 2 aromatic heterocycles. The number of aromatic nitrogens is 1. The van der Waals surface area contributed by atoms with Crippen molar-refractivity contribution in [2.24, 2.45) is 5.73 Å². The van der Waals surface area contributed by atoms with E-state index < -0.39 is 17.4 Å². The minimum atomic E-state index is -0.819. The van der Waals surface area contributed by atoms with Gasteiger partial charge in [-0.3, -0.25) is 19.3 Å². The Hall–Kier alpha value is -3.01. The van der Waals surface area contributed by atoms with E-state index >= 15 is 0 Å². The number of rotatable bonds is 6. The van der Waals surface area contributed by atoms with Crippen molar-refractivity contribution in [1.29, 1.82) is 0 Å². The summed E-state index contributed by atoms with van der Waals surface area (Å²) in [7, 11) is 3.55. The minimum absolute atomic E-state index is 0.0338. The number of carbonyl (C=O) groups is 2. The maximum atomic E-state index is 12.9. The lowest BCUT2D eigenvalue weighted by molar-refractivity contribution is -0.119. The van der Waals surface area contributed by atoms with Crippen molar-refractivity contribution in [3.8, 4) is 0 Å². The molecule has 3 N–H and O–H groups in total. The number of anilines is 1. The standard InChI is InChI=1S/C22H24N4O4S/c1-12-4-14(11-31-12)18(27)9-24(2)7-13-5-15-20-17(6-13)25(3)19(28)10-26(20)8-16(21(15)29)22(23)30/h4-6,8,11,18,27H,7,9-10H2,1-3H3,(H2,23,30). The van der Waals surface area contributed by atoms with Crippen molar-refractivity contribution in [2.75, 3.05) is 25.5 Å². The minimum Gasteiger partial charge on any atom is -0.387 e. The summed E-state index contributed by atoms with van der Waals surface area (Å²) in [6, 6.07) is 5.58. The Bertz CT molecular complexity index is 1260. The lowest BCUT2D eigenvalue weighted by Crippen LogP contribution is -2.36. The van der Waals surface area contributed by atoms with Crippen molar-refractivity contribution < 1.29 is 14.7 Å². The Balaban J connectivity index is 1.72. The van der Waals surface area contributed by atoms with Crippen LogP contribution in [0.15, 0.2) is 34.6 Å². The van der Waals surface area contributed by atoms with Crippen LogP contribution in [0.3, 0.4) is 0 Å². The molecule has 1 aromatic carbocycles. The highest BCUT2D eigenvalue weighted by Gasteiger charge is 2.26. The number of hydrogen-bond acceptors (Lipinski definition) is 6. The number of hydrogen-bond donors (Lipinski definition) is 2. The molecule has 1 aliphatic rings. The molecule has 3 aromatic rings. The van der Waals surface area contributed by atoms with Gasteiger partial charge in [0.05, 0.1) is 17.3 Å². The number of thiophene rings is 1. The van der Waals surface area contributed by atoms with E-state index in [-0.39, 0.29) is 18.0 Å². The van der Waals surface area contributed by atoms with Gasteiger partial charge in [0.1, 0.15) is 12.1 Å². The van der Waals surface area contributed by atoms with Crippen LogP contribution in [0.4, 0.5) is 5.69 Å². The molecule has 1 atom stereocenters. The molecule has 3 heterocycles. The van der Waals surface area contributed by atoms with E-state index in [1.165, 1.54) is 11.1 Å². The van der Waals surface area contributed by atoms with Crippen LogP contribution in [-0.4, -0.2) is 47.0 Å². The highest BCUT2D eigenvalue weighted by Crippen LogP contribution is 2.31. The van der Waals surface area contributed by atoms with Crippen molar-refractivity contribution in [2.45, 2.75) is 26.1 Å².